The van der Waals surface area contributed by atoms with Gasteiger partial charge in [0.2, 0.25) is 5.91 Å². The molecule has 0 atom stereocenters. The molecule has 0 aliphatic carbocycles. The quantitative estimate of drug-likeness (QED) is 0.278. The average Bonchev–Trinajstić information content (AvgIpc) is 3.24. The zero-order valence-corrected chi connectivity index (χ0v) is 19.7. The number of nitrogens with one attached hydrogen (secondary N) is 2. The highest BCUT2D eigenvalue weighted by atomic mass is 32.1. The molecule has 1 aliphatic rings. The highest BCUT2D eigenvalue weighted by Crippen LogP contribution is 2.45. The third kappa shape index (κ3) is 5.03. The molecule has 10 heteroatoms. The first-order valence-electron chi connectivity index (χ1n) is 9.79. The van der Waals surface area contributed by atoms with E-state index in [1.807, 2.05) is 13.8 Å². The van der Waals surface area contributed by atoms with Gasteiger partial charge < -0.3 is 15.4 Å². The van der Waals surface area contributed by atoms with Crippen molar-refractivity contribution in [1.29, 1.82) is 0 Å². The van der Waals surface area contributed by atoms with E-state index in [1.165, 1.54) is 29.6 Å². The molecule has 2 aromatic rings. The second kappa shape index (κ2) is 8.52. The molecule has 1 amide bonds. The van der Waals surface area contributed by atoms with Crippen LogP contribution >= 0.6 is 22.7 Å². The number of ether oxygens (including phenoxy) is 1. The van der Waals surface area contributed by atoms with E-state index in [0.29, 0.717) is 21.9 Å². The zero-order chi connectivity index (χ0) is 23.0. The first kappa shape index (κ1) is 23.1. The minimum Gasteiger partial charge on any atom is -0.462 e. The second-order valence-corrected chi connectivity index (χ2v) is 10.5. The standard InChI is InChI=1S/C21H25N3O5S2/c1-6-29-19(26)16-13-11-20(2,3)23-21(4,5)17(13)31-18(16)22-14(25)9-7-12-8-10-15(30-12)24(27)28/h7-10,23H,6,11H2,1-5H3,(H,22,25)/b9-7+. The predicted octanol–water partition coefficient (Wildman–Crippen LogP) is 4.71. The molecule has 0 spiro atoms. The molecule has 3 rings (SSSR count). The maximum absolute atomic E-state index is 12.8. The number of hydrogen-bond acceptors (Lipinski definition) is 8. The minimum atomic E-state index is -0.471. The Balaban J connectivity index is 1.92. The summed E-state index contributed by atoms with van der Waals surface area (Å²) >= 11 is 2.35. The maximum atomic E-state index is 12.8. The summed E-state index contributed by atoms with van der Waals surface area (Å²) in [5.74, 6) is -0.883. The highest BCUT2D eigenvalue weighted by molar-refractivity contribution is 7.17. The lowest BCUT2D eigenvalue weighted by Gasteiger charge is -2.42. The van der Waals surface area contributed by atoms with Crippen molar-refractivity contribution < 1.29 is 19.2 Å². The zero-order valence-electron chi connectivity index (χ0n) is 18.0. The fourth-order valence-corrected chi connectivity index (χ4v) is 5.87. The number of hydrogen-bond donors (Lipinski definition) is 2. The molecule has 1 aliphatic heterocycles. The van der Waals surface area contributed by atoms with E-state index in [1.54, 1.807) is 13.0 Å². The van der Waals surface area contributed by atoms with E-state index < -0.39 is 16.8 Å². The lowest BCUT2D eigenvalue weighted by atomic mass is 9.81. The predicted molar refractivity (Wildman–Crippen MR) is 123 cm³/mol. The molecule has 31 heavy (non-hydrogen) atoms. The van der Waals surface area contributed by atoms with Crippen LogP contribution in [-0.4, -0.2) is 28.9 Å². The number of thiophene rings is 2. The van der Waals surface area contributed by atoms with Gasteiger partial charge in [-0.3, -0.25) is 14.9 Å². The first-order chi connectivity index (χ1) is 14.4. The third-order valence-electron chi connectivity index (χ3n) is 4.75. The summed E-state index contributed by atoms with van der Waals surface area (Å²) in [5.41, 5.74) is 0.689. The smallest absolute Gasteiger partial charge is 0.341 e. The Kier molecular flexibility index (Phi) is 6.35. The van der Waals surface area contributed by atoms with Gasteiger partial charge in [-0.1, -0.05) is 11.3 Å². The van der Waals surface area contributed by atoms with Crippen LogP contribution in [-0.2, 0) is 21.5 Å². The summed E-state index contributed by atoms with van der Waals surface area (Å²) in [5, 5.41) is 17.7. The van der Waals surface area contributed by atoms with E-state index in [9.17, 15) is 19.7 Å². The van der Waals surface area contributed by atoms with Crippen molar-refractivity contribution in [2.75, 3.05) is 11.9 Å². The number of amides is 1. The van der Waals surface area contributed by atoms with Crippen LogP contribution in [0.25, 0.3) is 6.08 Å². The monoisotopic (exact) mass is 463 g/mol. The van der Waals surface area contributed by atoms with Gasteiger partial charge in [-0.25, -0.2) is 4.79 Å². The first-order valence-corrected chi connectivity index (χ1v) is 11.4. The minimum absolute atomic E-state index is 0.00735. The lowest BCUT2D eigenvalue weighted by Crippen LogP contribution is -2.55. The number of fused-ring (bicyclic) bond motifs is 1. The topological polar surface area (TPSA) is 111 Å². The highest BCUT2D eigenvalue weighted by Gasteiger charge is 2.42. The maximum Gasteiger partial charge on any atom is 0.341 e. The molecule has 0 bridgehead atoms. The summed E-state index contributed by atoms with van der Waals surface area (Å²) < 4.78 is 5.28. The van der Waals surface area contributed by atoms with Gasteiger partial charge in [0.1, 0.15) is 5.00 Å². The fraction of sp³-hybridized carbons (Fsp3) is 0.429. The van der Waals surface area contributed by atoms with E-state index in [4.69, 9.17) is 4.74 Å². The Morgan fingerprint density at radius 3 is 2.61 bits per heavy atom. The molecule has 8 nitrogen and oxygen atoms in total. The average molecular weight is 464 g/mol. The van der Waals surface area contributed by atoms with Gasteiger partial charge in [0, 0.05) is 33.0 Å². The summed E-state index contributed by atoms with van der Waals surface area (Å²) in [6.07, 6.45) is 3.44. The van der Waals surface area contributed by atoms with Crippen LogP contribution in [0.1, 0.15) is 60.3 Å². The fourth-order valence-electron chi connectivity index (χ4n) is 3.88. The molecule has 2 aromatic heterocycles. The summed E-state index contributed by atoms with van der Waals surface area (Å²) in [6.45, 7) is 10.2. The molecule has 0 unspecified atom stereocenters. The van der Waals surface area contributed by atoms with E-state index >= 15 is 0 Å². The number of nitrogens with zero attached hydrogens (tertiary/aromatic N) is 1. The molecule has 2 N–H and O–H groups in total. The van der Waals surface area contributed by atoms with Gasteiger partial charge in [-0.15, -0.1) is 11.3 Å². The molecule has 0 saturated heterocycles. The van der Waals surface area contributed by atoms with Crippen molar-refractivity contribution in [2.24, 2.45) is 0 Å². The van der Waals surface area contributed by atoms with Crippen LogP contribution in [0.5, 0.6) is 0 Å². The number of nitro groups is 1. The number of anilines is 1. The van der Waals surface area contributed by atoms with Crippen molar-refractivity contribution in [3.8, 4) is 0 Å². The Labute approximate surface area is 188 Å². The second-order valence-electron chi connectivity index (χ2n) is 8.40. The van der Waals surface area contributed by atoms with Gasteiger partial charge in [0.25, 0.3) is 0 Å². The van der Waals surface area contributed by atoms with Gasteiger partial charge in [0.05, 0.1) is 17.1 Å². The van der Waals surface area contributed by atoms with E-state index in [2.05, 4.69) is 24.5 Å². The summed E-state index contributed by atoms with van der Waals surface area (Å²) in [7, 11) is 0. The molecule has 166 valence electrons. The van der Waals surface area contributed by atoms with Crippen molar-refractivity contribution >= 4 is 50.6 Å². The molecule has 0 fully saturated rings. The van der Waals surface area contributed by atoms with Crippen LogP contribution < -0.4 is 10.6 Å². The van der Waals surface area contributed by atoms with Crippen LogP contribution in [0, 0.1) is 10.1 Å². The van der Waals surface area contributed by atoms with Gasteiger partial charge in [0.15, 0.2) is 0 Å². The number of esters is 1. The van der Waals surface area contributed by atoms with E-state index in [0.717, 1.165) is 21.8 Å². The van der Waals surface area contributed by atoms with Gasteiger partial charge >= 0.3 is 11.0 Å². The normalized spacial score (nSPS) is 16.7. The number of carbonyl (C=O) groups excluding carboxylic acids is 2. The third-order valence-corrected chi connectivity index (χ3v) is 7.23. The molecule has 3 heterocycles. The molecule has 0 radical (unpaired) electrons. The van der Waals surface area contributed by atoms with Crippen LogP contribution in [0.3, 0.4) is 0 Å². The van der Waals surface area contributed by atoms with Crippen LogP contribution in [0.4, 0.5) is 10.0 Å². The summed E-state index contributed by atoms with van der Waals surface area (Å²) in [4.78, 5) is 37.3. The van der Waals surface area contributed by atoms with E-state index in [-0.39, 0.29) is 22.7 Å². The molecule has 0 saturated carbocycles. The van der Waals surface area contributed by atoms with Crippen molar-refractivity contribution in [3.63, 3.8) is 0 Å². The largest absolute Gasteiger partial charge is 0.462 e. The summed E-state index contributed by atoms with van der Waals surface area (Å²) in [6, 6.07) is 2.97. The SMILES string of the molecule is CCOC(=O)c1c(NC(=O)/C=C/c2ccc([N+](=O)[O-])s2)sc2c1CC(C)(C)NC2(C)C. The van der Waals surface area contributed by atoms with Crippen molar-refractivity contribution in [3.05, 3.63) is 49.2 Å². The van der Waals surface area contributed by atoms with Crippen LogP contribution in [0.2, 0.25) is 0 Å². The molecular weight excluding hydrogens is 438 g/mol. The Morgan fingerprint density at radius 2 is 2.00 bits per heavy atom. The van der Waals surface area contributed by atoms with Crippen molar-refractivity contribution in [2.45, 2.75) is 52.1 Å². The van der Waals surface area contributed by atoms with Crippen LogP contribution in [0.15, 0.2) is 18.2 Å². The van der Waals surface area contributed by atoms with Gasteiger partial charge in [-0.2, -0.15) is 0 Å². The van der Waals surface area contributed by atoms with Crippen molar-refractivity contribution in [1.82, 2.24) is 5.32 Å². The lowest BCUT2D eigenvalue weighted by molar-refractivity contribution is -0.380. The number of carbonyl (C=O) groups is 2. The molecular formula is C21H25N3O5S2. The Bertz CT molecular complexity index is 1070. The Morgan fingerprint density at radius 1 is 1.29 bits per heavy atom. The van der Waals surface area contributed by atoms with Gasteiger partial charge in [-0.05, 0) is 58.7 Å². The number of rotatable bonds is 6. The molecule has 0 aromatic carbocycles. The Hall–Kier alpha value is -2.56.